The van der Waals surface area contributed by atoms with E-state index in [2.05, 4.69) is 94.8 Å². The predicted octanol–water partition coefficient (Wildman–Crippen LogP) is 9.99. The van der Waals surface area contributed by atoms with Crippen molar-refractivity contribution in [1.82, 2.24) is 15.0 Å². The van der Waals surface area contributed by atoms with Gasteiger partial charge in [0, 0.05) is 21.2 Å². The zero-order valence-corrected chi connectivity index (χ0v) is 24.5. The number of rotatable bonds is 5. The normalized spacial score (nSPS) is 10.9. The van der Waals surface area contributed by atoms with E-state index in [4.69, 9.17) is 15.0 Å². The van der Waals surface area contributed by atoms with Crippen LogP contribution in [0.3, 0.4) is 0 Å². The fourth-order valence-electron chi connectivity index (χ4n) is 5.24. The molecule has 0 saturated heterocycles. The molecule has 0 atom stereocenters. The van der Waals surface area contributed by atoms with Gasteiger partial charge in [-0.1, -0.05) is 125 Å². The van der Waals surface area contributed by atoms with Gasteiger partial charge in [0.1, 0.15) is 0 Å². The molecule has 0 saturated carbocycles. The third-order valence-corrected chi connectivity index (χ3v) is 7.87. The van der Waals surface area contributed by atoms with Crippen LogP contribution in [-0.4, -0.2) is 15.0 Å². The van der Waals surface area contributed by atoms with Gasteiger partial charge in [-0.3, -0.25) is 0 Å². The van der Waals surface area contributed by atoms with Crippen molar-refractivity contribution in [3.63, 3.8) is 0 Å². The number of halogens is 1. The molecule has 1 aromatic heterocycles. The summed E-state index contributed by atoms with van der Waals surface area (Å²) in [7, 11) is 0. The summed E-state index contributed by atoms with van der Waals surface area (Å²) in [5.74, 6) is 1.83. The molecular weight excluding hydrogens is 592 g/mol. The van der Waals surface area contributed by atoms with E-state index >= 15 is 0 Å². The Balaban J connectivity index is 1.32. The molecule has 43 heavy (non-hydrogen) atoms. The van der Waals surface area contributed by atoms with Crippen LogP contribution < -0.4 is 0 Å². The number of hydrogen-bond acceptors (Lipinski definition) is 4. The zero-order valence-electron chi connectivity index (χ0n) is 22.9. The first-order valence-electron chi connectivity index (χ1n) is 13.9. The minimum atomic E-state index is 0.599. The predicted molar refractivity (Wildman–Crippen MR) is 177 cm³/mol. The lowest BCUT2D eigenvalue weighted by Gasteiger charge is -2.11. The van der Waals surface area contributed by atoms with E-state index in [1.165, 1.54) is 10.8 Å². The Morgan fingerprint density at radius 3 is 1.74 bits per heavy atom. The molecule has 202 valence electrons. The van der Waals surface area contributed by atoms with Gasteiger partial charge in [-0.2, -0.15) is 5.26 Å². The molecule has 1 heterocycles. The molecule has 5 heteroatoms. The maximum absolute atomic E-state index is 9.18. The van der Waals surface area contributed by atoms with Gasteiger partial charge < -0.3 is 0 Å². The lowest BCUT2D eigenvalue weighted by atomic mass is 9.97. The molecule has 7 aromatic rings. The summed E-state index contributed by atoms with van der Waals surface area (Å²) in [6.07, 6.45) is 0. The third-order valence-electron chi connectivity index (χ3n) is 7.42. The molecule has 0 fully saturated rings. The van der Waals surface area contributed by atoms with E-state index in [1.807, 2.05) is 66.7 Å². The molecule has 0 aliphatic carbocycles. The van der Waals surface area contributed by atoms with Crippen LogP contribution in [0.1, 0.15) is 5.56 Å². The summed E-state index contributed by atoms with van der Waals surface area (Å²) in [6.45, 7) is 0. The monoisotopic (exact) mass is 614 g/mol. The highest BCUT2D eigenvalue weighted by molar-refractivity contribution is 9.10. The molecule has 0 unspecified atom stereocenters. The molecule has 0 N–H and O–H groups in total. The second kappa shape index (κ2) is 11.4. The molecule has 6 aromatic carbocycles. The highest BCUT2D eigenvalue weighted by atomic mass is 79.9. The van der Waals surface area contributed by atoms with Crippen molar-refractivity contribution in [2.24, 2.45) is 0 Å². The van der Waals surface area contributed by atoms with Crippen LogP contribution in [0.25, 0.3) is 67.2 Å². The Bertz CT molecular complexity index is 2130. The number of fused-ring (bicyclic) bond motifs is 1. The highest BCUT2D eigenvalue weighted by Crippen LogP contribution is 2.34. The van der Waals surface area contributed by atoms with Crippen LogP contribution in [0.2, 0.25) is 0 Å². The first kappa shape index (κ1) is 26.5. The zero-order chi connectivity index (χ0) is 29.2. The minimum Gasteiger partial charge on any atom is -0.208 e. The topological polar surface area (TPSA) is 62.5 Å². The first-order chi connectivity index (χ1) is 21.1. The third kappa shape index (κ3) is 5.44. The summed E-state index contributed by atoms with van der Waals surface area (Å²) in [6, 6.07) is 49.0. The molecule has 0 spiro atoms. The Morgan fingerprint density at radius 2 is 1.02 bits per heavy atom. The van der Waals surface area contributed by atoms with Gasteiger partial charge in [0.05, 0.1) is 11.6 Å². The van der Waals surface area contributed by atoms with Crippen molar-refractivity contribution in [3.8, 4) is 62.5 Å². The molecule has 0 bridgehead atoms. The molecular formula is C38H23BrN4. The van der Waals surface area contributed by atoms with Crippen LogP contribution in [0.4, 0.5) is 0 Å². The van der Waals surface area contributed by atoms with Crippen LogP contribution in [0, 0.1) is 11.3 Å². The summed E-state index contributed by atoms with van der Waals surface area (Å²) in [4.78, 5) is 14.8. The number of hydrogen-bond donors (Lipinski definition) is 0. The summed E-state index contributed by atoms with van der Waals surface area (Å²) in [5.41, 5.74) is 7.69. The quantitative estimate of drug-likeness (QED) is 0.193. The lowest BCUT2D eigenvalue weighted by Crippen LogP contribution is -2.00. The van der Waals surface area contributed by atoms with Gasteiger partial charge in [0.25, 0.3) is 0 Å². The minimum absolute atomic E-state index is 0.599. The standard InChI is InChI=1S/C38H23BrN4/c39-33-22-31-9-4-5-12-34(31)35(23-33)27-17-19-29(20-18-27)37-41-36(28-7-2-1-3-8-28)42-38(43-37)32-11-6-10-30(21-32)26-15-13-25(24-40)14-16-26/h1-23H. The van der Waals surface area contributed by atoms with E-state index in [0.717, 1.165) is 43.4 Å². The molecule has 4 nitrogen and oxygen atoms in total. The van der Waals surface area contributed by atoms with Crippen molar-refractivity contribution in [2.45, 2.75) is 0 Å². The lowest BCUT2D eigenvalue weighted by molar-refractivity contribution is 1.07. The molecule has 0 aliphatic heterocycles. The average molecular weight is 616 g/mol. The van der Waals surface area contributed by atoms with E-state index in [-0.39, 0.29) is 0 Å². The van der Waals surface area contributed by atoms with Gasteiger partial charge in [0.15, 0.2) is 17.5 Å². The van der Waals surface area contributed by atoms with E-state index in [0.29, 0.717) is 23.0 Å². The average Bonchev–Trinajstić information content (AvgIpc) is 3.08. The van der Waals surface area contributed by atoms with E-state index < -0.39 is 0 Å². The molecule has 0 amide bonds. The Kier molecular flexibility index (Phi) is 7.04. The van der Waals surface area contributed by atoms with Crippen molar-refractivity contribution in [3.05, 3.63) is 150 Å². The second-order valence-corrected chi connectivity index (χ2v) is 11.1. The Hall–Kier alpha value is -5.44. The van der Waals surface area contributed by atoms with Crippen LogP contribution >= 0.6 is 15.9 Å². The summed E-state index contributed by atoms with van der Waals surface area (Å²) in [5, 5.41) is 11.6. The van der Waals surface area contributed by atoms with E-state index in [9.17, 15) is 5.26 Å². The van der Waals surface area contributed by atoms with Gasteiger partial charge >= 0.3 is 0 Å². The fraction of sp³-hybridized carbons (Fsp3) is 0. The largest absolute Gasteiger partial charge is 0.208 e. The number of nitriles is 1. The van der Waals surface area contributed by atoms with Crippen molar-refractivity contribution >= 4 is 26.7 Å². The fourth-order valence-corrected chi connectivity index (χ4v) is 5.71. The maximum atomic E-state index is 9.18. The van der Waals surface area contributed by atoms with Gasteiger partial charge in [0.2, 0.25) is 0 Å². The smallest absolute Gasteiger partial charge is 0.164 e. The summed E-state index contributed by atoms with van der Waals surface area (Å²) < 4.78 is 1.04. The second-order valence-electron chi connectivity index (χ2n) is 10.2. The van der Waals surface area contributed by atoms with Crippen molar-refractivity contribution in [2.75, 3.05) is 0 Å². The van der Waals surface area contributed by atoms with Crippen LogP contribution in [0.15, 0.2) is 144 Å². The SMILES string of the molecule is N#Cc1ccc(-c2cccc(-c3nc(-c4ccccc4)nc(-c4ccc(-c5cc(Br)cc6ccccc56)cc4)n3)c2)cc1. The number of nitrogens with zero attached hydrogens (tertiary/aromatic N) is 4. The first-order valence-corrected chi connectivity index (χ1v) is 14.7. The Morgan fingerprint density at radius 1 is 0.465 bits per heavy atom. The highest BCUT2D eigenvalue weighted by Gasteiger charge is 2.14. The molecule has 0 radical (unpaired) electrons. The van der Waals surface area contributed by atoms with Crippen LogP contribution in [-0.2, 0) is 0 Å². The maximum Gasteiger partial charge on any atom is 0.164 e. The number of benzene rings is 6. The molecule has 0 aliphatic rings. The van der Waals surface area contributed by atoms with E-state index in [1.54, 1.807) is 0 Å². The van der Waals surface area contributed by atoms with Crippen molar-refractivity contribution < 1.29 is 0 Å². The van der Waals surface area contributed by atoms with Gasteiger partial charge in [-0.15, -0.1) is 0 Å². The molecule has 7 rings (SSSR count). The number of aromatic nitrogens is 3. The van der Waals surface area contributed by atoms with Gasteiger partial charge in [-0.25, -0.2) is 15.0 Å². The Labute approximate surface area is 258 Å². The van der Waals surface area contributed by atoms with Crippen LogP contribution in [0.5, 0.6) is 0 Å². The van der Waals surface area contributed by atoms with Crippen molar-refractivity contribution in [1.29, 1.82) is 5.26 Å². The van der Waals surface area contributed by atoms with Gasteiger partial charge in [-0.05, 0) is 63.4 Å². The summed E-state index contributed by atoms with van der Waals surface area (Å²) >= 11 is 3.68.